The molecule has 0 amide bonds. The van der Waals surface area contributed by atoms with Gasteiger partial charge in [-0.25, -0.2) is 0 Å². The van der Waals surface area contributed by atoms with Gasteiger partial charge in [0.2, 0.25) is 0 Å². The molecule has 0 atom stereocenters. The summed E-state index contributed by atoms with van der Waals surface area (Å²) >= 11 is 3.63. The third-order valence-corrected chi connectivity index (χ3v) is 11.6. The molecule has 0 radical (unpaired) electrons. The lowest BCUT2D eigenvalue weighted by atomic mass is 10.3. The Hall–Kier alpha value is -2.76. The summed E-state index contributed by atoms with van der Waals surface area (Å²) < 4.78 is 1.10. The van der Waals surface area contributed by atoms with Crippen LogP contribution in [-0.4, -0.2) is 12.6 Å². The van der Waals surface area contributed by atoms with Crippen LogP contribution in [0, 0.1) is 0 Å². The van der Waals surface area contributed by atoms with Crippen molar-refractivity contribution in [3.8, 4) is 0 Å². The third kappa shape index (κ3) is 6.32. The largest absolute Gasteiger partial charge is 0.362 e. The van der Waals surface area contributed by atoms with Crippen LogP contribution >= 0.6 is 31.8 Å². The highest BCUT2D eigenvalue weighted by molar-refractivity contribution is 9.10. The first-order valence-corrected chi connectivity index (χ1v) is 15.9. The van der Waals surface area contributed by atoms with E-state index >= 15 is 0 Å². The normalized spacial score (nSPS) is 11.1. The van der Waals surface area contributed by atoms with Crippen LogP contribution in [0.5, 0.6) is 0 Å². The molecule has 0 bridgehead atoms. The number of nitrogens with zero attached hydrogens (tertiary/aromatic N) is 1. The molecule has 4 heteroatoms. The van der Waals surface area contributed by atoms with Crippen molar-refractivity contribution in [3.05, 3.63) is 150 Å². The van der Waals surface area contributed by atoms with Crippen LogP contribution in [-0.2, 0) is 0 Å². The second-order valence-electron chi connectivity index (χ2n) is 8.50. The Kier molecular flexibility index (Phi) is 8.63. The average molecular weight is 568 g/mol. The molecule has 178 valence electrons. The van der Waals surface area contributed by atoms with Crippen LogP contribution in [0.2, 0.25) is 0 Å². The van der Waals surface area contributed by atoms with E-state index in [1.165, 1.54) is 26.9 Å². The zero-order valence-electron chi connectivity index (χ0n) is 20.0. The molecule has 5 aromatic carbocycles. The van der Waals surface area contributed by atoms with E-state index in [2.05, 4.69) is 166 Å². The first kappa shape index (κ1) is 24.9. The maximum absolute atomic E-state index is 3.63. The van der Waals surface area contributed by atoms with Gasteiger partial charge in [0.1, 0.15) is 0 Å². The molecule has 0 aliphatic rings. The van der Waals surface area contributed by atoms with Gasteiger partial charge in [-0.1, -0.05) is 137 Å². The molecule has 36 heavy (non-hydrogen) atoms. The quantitative estimate of drug-likeness (QED) is 0.167. The molecular formula is C32H28BrNP2. The van der Waals surface area contributed by atoms with Gasteiger partial charge in [-0.3, -0.25) is 0 Å². The first-order valence-electron chi connectivity index (χ1n) is 12.0. The van der Waals surface area contributed by atoms with Crippen molar-refractivity contribution in [1.82, 2.24) is 0 Å². The molecule has 0 fully saturated rings. The van der Waals surface area contributed by atoms with E-state index in [1.807, 2.05) is 0 Å². The molecule has 0 unspecified atom stereocenters. The summed E-state index contributed by atoms with van der Waals surface area (Å²) in [4.78, 5) is 2.61. The Morgan fingerprint density at radius 2 is 0.722 bits per heavy atom. The molecule has 0 spiro atoms. The fourth-order valence-corrected chi connectivity index (χ4v) is 9.27. The lowest BCUT2D eigenvalue weighted by Gasteiger charge is -2.34. The lowest BCUT2D eigenvalue weighted by Crippen LogP contribution is -2.32. The average Bonchev–Trinajstić information content (AvgIpc) is 2.96. The molecule has 0 aliphatic carbocycles. The van der Waals surface area contributed by atoms with Crippen LogP contribution in [0.25, 0.3) is 0 Å². The zero-order valence-corrected chi connectivity index (χ0v) is 23.4. The highest BCUT2D eigenvalue weighted by atomic mass is 79.9. The van der Waals surface area contributed by atoms with Gasteiger partial charge in [0.05, 0.1) is 0 Å². The van der Waals surface area contributed by atoms with Gasteiger partial charge in [0.15, 0.2) is 0 Å². The number of hydrogen-bond acceptors (Lipinski definition) is 1. The van der Waals surface area contributed by atoms with Gasteiger partial charge in [-0.05, 0) is 61.3 Å². The summed E-state index contributed by atoms with van der Waals surface area (Å²) in [6.07, 6.45) is 1.92. The van der Waals surface area contributed by atoms with Crippen molar-refractivity contribution >= 4 is 58.7 Å². The van der Waals surface area contributed by atoms with Crippen LogP contribution in [0.1, 0.15) is 0 Å². The monoisotopic (exact) mass is 567 g/mol. The Morgan fingerprint density at radius 1 is 0.417 bits per heavy atom. The van der Waals surface area contributed by atoms with Gasteiger partial charge in [-0.2, -0.15) is 0 Å². The molecule has 0 heterocycles. The summed E-state index contributed by atoms with van der Waals surface area (Å²) in [6.45, 7) is 0. The topological polar surface area (TPSA) is 3.24 Å². The van der Waals surface area contributed by atoms with E-state index in [4.69, 9.17) is 0 Å². The molecule has 0 saturated carbocycles. The highest BCUT2D eigenvalue weighted by Gasteiger charge is 2.23. The summed E-state index contributed by atoms with van der Waals surface area (Å²) in [6, 6.07) is 52.9. The molecule has 1 nitrogen and oxygen atoms in total. The Bertz CT molecular complexity index is 1170. The molecule has 0 aromatic heterocycles. The van der Waals surface area contributed by atoms with E-state index in [-0.39, 0.29) is 0 Å². The summed E-state index contributed by atoms with van der Waals surface area (Å²) in [5, 5.41) is 5.63. The van der Waals surface area contributed by atoms with E-state index in [9.17, 15) is 0 Å². The van der Waals surface area contributed by atoms with Crippen molar-refractivity contribution in [1.29, 1.82) is 0 Å². The Labute approximate surface area is 225 Å². The van der Waals surface area contributed by atoms with Crippen molar-refractivity contribution in [2.45, 2.75) is 0 Å². The van der Waals surface area contributed by atoms with Crippen molar-refractivity contribution in [2.75, 3.05) is 17.5 Å². The van der Waals surface area contributed by atoms with E-state index in [0.717, 1.165) is 17.0 Å². The Morgan fingerprint density at radius 3 is 1.03 bits per heavy atom. The minimum Gasteiger partial charge on any atom is -0.362 e. The molecule has 0 saturated heterocycles. The minimum atomic E-state index is -0.565. The third-order valence-electron chi connectivity index (χ3n) is 6.09. The van der Waals surface area contributed by atoms with Crippen molar-refractivity contribution in [2.24, 2.45) is 0 Å². The SMILES string of the molecule is Brc1ccc(N(CP(c2ccccc2)c2ccccc2)CP(c2ccccc2)c2ccccc2)cc1. The van der Waals surface area contributed by atoms with E-state index in [0.29, 0.717) is 0 Å². The van der Waals surface area contributed by atoms with E-state index < -0.39 is 15.8 Å². The van der Waals surface area contributed by atoms with Gasteiger partial charge < -0.3 is 4.90 Å². The van der Waals surface area contributed by atoms with Gasteiger partial charge in [-0.15, -0.1) is 0 Å². The van der Waals surface area contributed by atoms with Crippen molar-refractivity contribution in [3.63, 3.8) is 0 Å². The standard InChI is InChI=1S/C32H28BrNP2/c33-27-21-23-28(24-22-27)34(25-35(29-13-5-1-6-14-29)30-15-7-2-8-16-30)26-36(31-17-9-3-10-18-31)32-19-11-4-12-20-32/h1-24H,25-26H2. The zero-order chi connectivity index (χ0) is 24.6. The predicted molar refractivity (Wildman–Crippen MR) is 164 cm³/mol. The molecule has 0 N–H and O–H groups in total. The van der Waals surface area contributed by atoms with Crippen LogP contribution in [0.3, 0.4) is 0 Å². The smallest absolute Gasteiger partial charge is 0.0463 e. The molecular weight excluding hydrogens is 540 g/mol. The number of halogens is 1. The first-order chi connectivity index (χ1) is 17.8. The van der Waals surface area contributed by atoms with Crippen molar-refractivity contribution < 1.29 is 0 Å². The van der Waals surface area contributed by atoms with Gasteiger partial charge in [0.25, 0.3) is 0 Å². The minimum absolute atomic E-state index is 0.565. The van der Waals surface area contributed by atoms with Crippen LogP contribution in [0.15, 0.2) is 150 Å². The molecule has 0 aliphatic heterocycles. The Balaban J connectivity index is 1.57. The predicted octanol–water partition coefficient (Wildman–Crippen LogP) is 7.44. The second kappa shape index (κ2) is 12.5. The van der Waals surface area contributed by atoms with Crippen LogP contribution in [0.4, 0.5) is 5.69 Å². The second-order valence-corrected chi connectivity index (χ2v) is 13.8. The number of hydrogen-bond donors (Lipinski definition) is 0. The lowest BCUT2D eigenvalue weighted by molar-refractivity contribution is 1.05. The summed E-state index contributed by atoms with van der Waals surface area (Å²) in [5.41, 5.74) is 1.26. The van der Waals surface area contributed by atoms with E-state index in [1.54, 1.807) is 0 Å². The fraction of sp³-hybridized carbons (Fsp3) is 0.0625. The van der Waals surface area contributed by atoms with Gasteiger partial charge in [0, 0.05) is 22.7 Å². The van der Waals surface area contributed by atoms with Gasteiger partial charge >= 0.3 is 0 Å². The number of rotatable bonds is 9. The highest BCUT2D eigenvalue weighted by Crippen LogP contribution is 2.41. The molecule has 5 rings (SSSR count). The summed E-state index contributed by atoms with van der Waals surface area (Å²) in [5.74, 6) is 0. The number of benzene rings is 5. The summed E-state index contributed by atoms with van der Waals surface area (Å²) in [7, 11) is -1.13. The maximum Gasteiger partial charge on any atom is 0.0463 e. The van der Waals surface area contributed by atoms with Crippen LogP contribution < -0.4 is 26.1 Å². The maximum atomic E-state index is 3.63. The fourth-order valence-electron chi connectivity index (χ4n) is 4.26. The molecule has 5 aromatic rings. The number of anilines is 1.